The van der Waals surface area contributed by atoms with Gasteiger partial charge in [0.05, 0.1) is 18.2 Å². The number of methoxy groups -OCH3 is 1. The maximum atomic E-state index is 12.7. The molecule has 0 radical (unpaired) electrons. The molecule has 0 atom stereocenters. The Kier molecular flexibility index (Phi) is 7.40. The van der Waals surface area contributed by atoms with Crippen LogP contribution in [0.5, 0.6) is 0 Å². The van der Waals surface area contributed by atoms with Crippen molar-refractivity contribution in [1.82, 2.24) is 15.1 Å². The van der Waals surface area contributed by atoms with Crippen LogP contribution < -0.4 is 5.32 Å². The van der Waals surface area contributed by atoms with E-state index in [0.29, 0.717) is 10.9 Å². The average molecular weight is 510 g/mol. The Labute approximate surface area is 217 Å². The monoisotopic (exact) mass is 509 g/mol. The van der Waals surface area contributed by atoms with Gasteiger partial charge in [-0.3, -0.25) is 0 Å². The van der Waals surface area contributed by atoms with Gasteiger partial charge < -0.3 is 19.5 Å². The zero-order valence-corrected chi connectivity index (χ0v) is 22.9. The minimum Gasteiger partial charge on any atom is -0.464 e. The summed E-state index contributed by atoms with van der Waals surface area (Å²) in [6, 6.07) is 13.0. The molecule has 0 unspecified atom stereocenters. The number of benzene rings is 2. The van der Waals surface area contributed by atoms with E-state index in [9.17, 15) is 14.4 Å². The molecular formula is C28H35N3O6. The van der Waals surface area contributed by atoms with Crippen LogP contribution in [0.25, 0.3) is 22.0 Å². The molecule has 198 valence electrons. The van der Waals surface area contributed by atoms with Gasteiger partial charge in [0.25, 0.3) is 0 Å². The van der Waals surface area contributed by atoms with Gasteiger partial charge in [0.1, 0.15) is 11.2 Å². The molecule has 1 aromatic heterocycles. The molecule has 9 heteroatoms. The largest absolute Gasteiger partial charge is 0.464 e. The van der Waals surface area contributed by atoms with Crippen molar-refractivity contribution in [2.45, 2.75) is 72.1 Å². The first-order valence-electron chi connectivity index (χ1n) is 12.0. The Balaban J connectivity index is 1.95. The van der Waals surface area contributed by atoms with Gasteiger partial charge in [-0.1, -0.05) is 30.3 Å². The second kappa shape index (κ2) is 9.88. The van der Waals surface area contributed by atoms with Crippen molar-refractivity contribution in [2.75, 3.05) is 7.11 Å². The van der Waals surface area contributed by atoms with Crippen molar-refractivity contribution in [1.29, 1.82) is 0 Å². The van der Waals surface area contributed by atoms with Crippen LogP contribution in [-0.2, 0) is 19.7 Å². The minimum atomic E-state index is -0.728. The lowest BCUT2D eigenvalue weighted by molar-refractivity contribution is 0.0466. The number of carbonyl (C=O) groups is 3. The molecule has 0 aliphatic carbocycles. The maximum Gasteiger partial charge on any atom is 0.435 e. The second-order valence-electron chi connectivity index (χ2n) is 11.3. The van der Waals surface area contributed by atoms with Gasteiger partial charge >= 0.3 is 18.2 Å². The summed E-state index contributed by atoms with van der Waals surface area (Å²) < 4.78 is 16.8. The fraction of sp³-hybridized carbons (Fsp3) is 0.429. The maximum absolute atomic E-state index is 12.7. The van der Waals surface area contributed by atoms with E-state index in [4.69, 9.17) is 14.2 Å². The van der Waals surface area contributed by atoms with E-state index < -0.39 is 34.9 Å². The first-order valence-corrected chi connectivity index (χ1v) is 12.0. The van der Waals surface area contributed by atoms with Crippen LogP contribution in [-0.4, -0.2) is 46.2 Å². The lowest BCUT2D eigenvalue weighted by atomic mass is 9.92. The Hall–Kier alpha value is -3.88. The van der Waals surface area contributed by atoms with Crippen LogP contribution in [0.4, 0.5) is 9.59 Å². The summed E-state index contributed by atoms with van der Waals surface area (Å²) in [6.45, 7) is 14.5. The molecule has 0 fully saturated rings. The van der Waals surface area contributed by atoms with E-state index in [2.05, 4.69) is 10.4 Å². The van der Waals surface area contributed by atoms with Crippen molar-refractivity contribution in [3.05, 3.63) is 53.7 Å². The molecule has 2 aromatic carbocycles. The highest BCUT2D eigenvalue weighted by Crippen LogP contribution is 2.30. The number of aromatic nitrogens is 2. The number of ether oxygens (including phenoxy) is 3. The van der Waals surface area contributed by atoms with Gasteiger partial charge in [-0.2, -0.15) is 9.78 Å². The topological polar surface area (TPSA) is 109 Å². The van der Waals surface area contributed by atoms with Crippen LogP contribution in [0.15, 0.2) is 42.5 Å². The van der Waals surface area contributed by atoms with Gasteiger partial charge in [0, 0.05) is 5.39 Å². The number of carbonyl (C=O) groups excluding carboxylic acids is 3. The van der Waals surface area contributed by atoms with E-state index >= 15 is 0 Å². The van der Waals surface area contributed by atoms with Crippen molar-refractivity contribution in [2.24, 2.45) is 0 Å². The van der Waals surface area contributed by atoms with Crippen molar-refractivity contribution >= 4 is 29.1 Å². The van der Waals surface area contributed by atoms with Crippen LogP contribution in [0, 0.1) is 0 Å². The van der Waals surface area contributed by atoms with Crippen molar-refractivity contribution < 1.29 is 28.6 Å². The Morgan fingerprint density at radius 2 is 1.38 bits per heavy atom. The summed E-state index contributed by atoms with van der Waals surface area (Å²) in [5.41, 5.74) is 1.03. The molecule has 1 heterocycles. The molecule has 3 aromatic rings. The molecule has 37 heavy (non-hydrogen) atoms. The van der Waals surface area contributed by atoms with Crippen LogP contribution in [0.3, 0.4) is 0 Å². The Morgan fingerprint density at radius 1 is 0.811 bits per heavy atom. The van der Waals surface area contributed by atoms with Crippen molar-refractivity contribution in [3.8, 4) is 11.1 Å². The summed E-state index contributed by atoms with van der Waals surface area (Å²) in [4.78, 5) is 37.4. The summed E-state index contributed by atoms with van der Waals surface area (Å²) >= 11 is 0. The summed E-state index contributed by atoms with van der Waals surface area (Å²) in [5, 5.41) is 7.56. The molecule has 1 amide bonds. The highest BCUT2D eigenvalue weighted by molar-refractivity contribution is 6.05. The third-order valence-electron chi connectivity index (χ3n) is 5.38. The Bertz CT molecular complexity index is 1320. The van der Waals surface area contributed by atoms with E-state index in [1.165, 1.54) is 7.11 Å². The SMILES string of the molecule is COC(=O)c1nn(C(=O)OC(C)(C)C)c2ccc(-c3ccc(C(C)(C)NC(=O)OC(C)(C)C)cc3)cc12. The van der Waals surface area contributed by atoms with Crippen LogP contribution >= 0.6 is 0 Å². The Morgan fingerprint density at radius 3 is 1.92 bits per heavy atom. The van der Waals surface area contributed by atoms with E-state index in [1.54, 1.807) is 32.9 Å². The number of esters is 1. The highest BCUT2D eigenvalue weighted by atomic mass is 16.6. The third kappa shape index (κ3) is 6.67. The number of rotatable bonds is 4. The smallest absolute Gasteiger partial charge is 0.435 e. The van der Waals surface area contributed by atoms with Gasteiger partial charge in [-0.25, -0.2) is 14.4 Å². The van der Waals surface area contributed by atoms with Gasteiger partial charge in [0.15, 0.2) is 5.69 Å². The zero-order valence-electron chi connectivity index (χ0n) is 22.9. The van der Waals surface area contributed by atoms with Gasteiger partial charge in [0.2, 0.25) is 0 Å². The number of amides is 1. The quantitative estimate of drug-likeness (QED) is 0.338. The molecule has 0 bridgehead atoms. The number of alkyl carbamates (subject to hydrolysis) is 1. The van der Waals surface area contributed by atoms with Crippen LogP contribution in [0.1, 0.15) is 71.4 Å². The first-order chi connectivity index (χ1) is 17.0. The number of nitrogens with one attached hydrogen (secondary N) is 1. The standard InChI is InChI=1S/C28H35N3O6/c1-26(2,3)36-24(33)29-28(7,8)19-13-10-17(11-14-19)18-12-15-21-20(16-18)22(23(32)35-9)30-31(21)25(34)37-27(4,5)6/h10-16H,1-9H3,(H,29,33). The molecular weight excluding hydrogens is 474 g/mol. The fourth-order valence-electron chi connectivity index (χ4n) is 3.70. The predicted octanol–water partition coefficient (Wildman–Crippen LogP) is 6.03. The van der Waals surface area contributed by atoms with Crippen molar-refractivity contribution in [3.63, 3.8) is 0 Å². The normalized spacial score (nSPS) is 12.2. The second-order valence-corrected chi connectivity index (χ2v) is 11.3. The molecule has 0 spiro atoms. The molecule has 0 aliphatic rings. The highest BCUT2D eigenvalue weighted by Gasteiger charge is 2.27. The number of nitrogens with zero attached hydrogens (tertiary/aromatic N) is 2. The molecule has 9 nitrogen and oxygen atoms in total. The lowest BCUT2D eigenvalue weighted by Gasteiger charge is -2.29. The lowest BCUT2D eigenvalue weighted by Crippen LogP contribution is -2.43. The van der Waals surface area contributed by atoms with E-state index in [0.717, 1.165) is 21.4 Å². The molecule has 0 saturated heterocycles. The predicted molar refractivity (Wildman–Crippen MR) is 141 cm³/mol. The average Bonchev–Trinajstić information content (AvgIpc) is 3.15. The summed E-state index contributed by atoms with van der Waals surface area (Å²) in [5.74, 6) is -0.658. The molecule has 3 rings (SSSR count). The number of hydrogen-bond acceptors (Lipinski definition) is 7. The molecule has 1 N–H and O–H groups in total. The number of hydrogen-bond donors (Lipinski definition) is 1. The van der Waals surface area contributed by atoms with E-state index in [-0.39, 0.29) is 5.69 Å². The van der Waals surface area contributed by atoms with Crippen LogP contribution in [0.2, 0.25) is 0 Å². The summed E-state index contributed by atoms with van der Waals surface area (Å²) in [7, 11) is 1.26. The van der Waals surface area contributed by atoms with Gasteiger partial charge in [-0.05, 0) is 84.2 Å². The summed E-state index contributed by atoms with van der Waals surface area (Å²) in [6.07, 6.45) is -1.19. The zero-order chi connectivity index (χ0) is 27.8. The first kappa shape index (κ1) is 27.7. The van der Waals surface area contributed by atoms with Gasteiger partial charge in [-0.15, -0.1) is 0 Å². The van der Waals surface area contributed by atoms with E-state index in [1.807, 2.05) is 65.0 Å². The number of fused-ring (bicyclic) bond motifs is 1. The minimum absolute atomic E-state index is 0.0181. The molecule has 0 aliphatic heterocycles. The fourth-order valence-corrected chi connectivity index (χ4v) is 3.70. The third-order valence-corrected chi connectivity index (χ3v) is 5.38. The molecule has 0 saturated carbocycles.